The molecular weight excluding hydrogens is 389 g/mol. The van der Waals surface area contributed by atoms with Crippen molar-refractivity contribution in [1.29, 1.82) is 0 Å². The molecule has 7 nitrogen and oxygen atoms in total. The van der Waals surface area contributed by atoms with Crippen molar-refractivity contribution in [3.05, 3.63) is 53.5 Å². The Morgan fingerprint density at radius 3 is 2.52 bits per heavy atom. The highest BCUT2D eigenvalue weighted by atomic mass is 19.4. The molecular formula is C19H23F3N4O3. The number of aliphatic imine (C=N–C) groups is 1. The molecule has 10 heteroatoms. The summed E-state index contributed by atoms with van der Waals surface area (Å²) >= 11 is 0. The van der Waals surface area contributed by atoms with E-state index in [4.69, 9.17) is 4.42 Å². The first-order valence-corrected chi connectivity index (χ1v) is 8.90. The Morgan fingerprint density at radius 2 is 1.86 bits per heavy atom. The molecule has 2 aromatic rings. The van der Waals surface area contributed by atoms with E-state index in [1.165, 1.54) is 24.5 Å². The highest BCUT2D eigenvalue weighted by Gasteiger charge is 2.31. The molecule has 0 unspecified atom stereocenters. The summed E-state index contributed by atoms with van der Waals surface area (Å²) in [6.45, 7) is 2.80. The Hall–Kier alpha value is -3.17. The first-order valence-electron chi connectivity index (χ1n) is 8.90. The zero-order valence-corrected chi connectivity index (χ0v) is 16.1. The molecule has 1 aromatic heterocycles. The predicted molar refractivity (Wildman–Crippen MR) is 102 cm³/mol. The Balaban J connectivity index is 1.73. The number of para-hydroxylation sites is 1. The van der Waals surface area contributed by atoms with Gasteiger partial charge in [-0.15, -0.1) is 13.2 Å². The average Bonchev–Trinajstić information content (AvgIpc) is 3.09. The molecule has 1 heterocycles. The number of furan rings is 1. The number of benzene rings is 1. The predicted octanol–water partition coefficient (Wildman–Crippen LogP) is 2.97. The molecule has 0 saturated carbocycles. The average molecular weight is 412 g/mol. The number of nitrogens with zero attached hydrogens (tertiary/aromatic N) is 1. The number of ether oxygens (including phenoxy) is 1. The van der Waals surface area contributed by atoms with Crippen molar-refractivity contribution >= 4 is 11.9 Å². The normalized spacial score (nSPS) is 11.8. The van der Waals surface area contributed by atoms with Crippen molar-refractivity contribution in [2.45, 2.75) is 26.3 Å². The third kappa shape index (κ3) is 7.40. The van der Waals surface area contributed by atoms with E-state index in [1.807, 2.05) is 0 Å². The van der Waals surface area contributed by atoms with Crippen LogP contribution in [0.2, 0.25) is 0 Å². The molecule has 1 amide bonds. The van der Waals surface area contributed by atoms with Crippen LogP contribution in [-0.2, 0) is 6.54 Å². The number of aryl methyl sites for hydroxylation is 1. The summed E-state index contributed by atoms with van der Waals surface area (Å²) in [6, 6.07) is 7.59. The number of carbonyl (C=O) groups is 1. The van der Waals surface area contributed by atoms with Gasteiger partial charge in [-0.3, -0.25) is 9.79 Å². The van der Waals surface area contributed by atoms with Crippen LogP contribution in [-0.4, -0.2) is 38.4 Å². The fourth-order valence-corrected chi connectivity index (χ4v) is 2.46. The Labute approximate surface area is 166 Å². The first-order chi connectivity index (χ1) is 13.8. The highest BCUT2D eigenvalue weighted by molar-refractivity contribution is 5.92. The highest BCUT2D eigenvalue weighted by Crippen LogP contribution is 2.26. The second-order valence-electron chi connectivity index (χ2n) is 6.05. The minimum absolute atomic E-state index is 0.0977. The molecule has 0 atom stereocenters. The van der Waals surface area contributed by atoms with Crippen molar-refractivity contribution in [2.75, 3.05) is 20.1 Å². The van der Waals surface area contributed by atoms with Gasteiger partial charge >= 0.3 is 6.36 Å². The van der Waals surface area contributed by atoms with Crippen LogP contribution in [0.3, 0.4) is 0 Å². The molecule has 3 N–H and O–H groups in total. The third-order valence-corrected chi connectivity index (χ3v) is 3.87. The fourth-order valence-electron chi connectivity index (χ4n) is 2.46. The van der Waals surface area contributed by atoms with Gasteiger partial charge in [0.1, 0.15) is 5.75 Å². The van der Waals surface area contributed by atoms with Crippen LogP contribution in [0.15, 0.2) is 46.0 Å². The largest absolute Gasteiger partial charge is 0.573 e. The topological polar surface area (TPSA) is 87.9 Å². The van der Waals surface area contributed by atoms with Crippen LogP contribution < -0.4 is 20.7 Å². The van der Waals surface area contributed by atoms with Crippen molar-refractivity contribution in [2.24, 2.45) is 4.99 Å². The van der Waals surface area contributed by atoms with Gasteiger partial charge in [-0.25, -0.2) is 0 Å². The molecule has 29 heavy (non-hydrogen) atoms. The van der Waals surface area contributed by atoms with Crippen molar-refractivity contribution in [3.63, 3.8) is 0 Å². The number of hydrogen-bond donors (Lipinski definition) is 3. The summed E-state index contributed by atoms with van der Waals surface area (Å²) in [6.07, 6.45) is -2.69. The smallest absolute Gasteiger partial charge is 0.459 e. The lowest BCUT2D eigenvalue weighted by Crippen LogP contribution is -2.38. The van der Waals surface area contributed by atoms with Crippen molar-refractivity contribution < 1.29 is 27.1 Å². The van der Waals surface area contributed by atoms with Crippen molar-refractivity contribution in [3.8, 4) is 5.75 Å². The lowest BCUT2D eigenvalue weighted by molar-refractivity contribution is -0.274. The summed E-state index contributed by atoms with van der Waals surface area (Å²) in [5.41, 5.74) is 1.11. The van der Waals surface area contributed by atoms with Crippen LogP contribution in [0.5, 0.6) is 5.75 Å². The third-order valence-electron chi connectivity index (χ3n) is 3.87. The van der Waals surface area contributed by atoms with E-state index in [0.29, 0.717) is 31.0 Å². The van der Waals surface area contributed by atoms with Crippen LogP contribution in [0.25, 0.3) is 0 Å². The van der Waals surface area contributed by atoms with E-state index in [2.05, 4.69) is 25.7 Å². The first kappa shape index (κ1) is 22.1. The van der Waals surface area contributed by atoms with Gasteiger partial charge in [-0.05, 0) is 25.5 Å². The van der Waals surface area contributed by atoms with Gasteiger partial charge in [-0.1, -0.05) is 18.2 Å². The number of halogens is 3. The number of carbonyl (C=O) groups excluding carboxylic acids is 1. The number of guanidine groups is 1. The molecule has 0 spiro atoms. The standard InChI is InChI=1S/C19H23F3N4O3/c1-13-8-11-28-16(13)17(27)24-9-5-10-25-18(23-2)26-12-14-6-3-4-7-15(14)29-19(20,21)22/h3-4,6-8,11H,5,9-10,12H2,1-2H3,(H,24,27)(H2,23,25,26). The SMILES string of the molecule is CN=C(NCCCNC(=O)c1occc1C)NCc1ccccc1OC(F)(F)F. The van der Waals surface area contributed by atoms with Crippen LogP contribution >= 0.6 is 0 Å². The van der Waals surface area contributed by atoms with Gasteiger partial charge in [-0.2, -0.15) is 0 Å². The Kier molecular flexibility index (Phi) is 7.93. The minimum Gasteiger partial charge on any atom is -0.459 e. The van der Waals surface area contributed by atoms with Gasteiger partial charge in [0.05, 0.1) is 6.26 Å². The Morgan fingerprint density at radius 1 is 1.14 bits per heavy atom. The molecule has 0 bridgehead atoms. The molecule has 0 radical (unpaired) electrons. The Bertz CT molecular complexity index is 834. The zero-order chi connectivity index (χ0) is 21.3. The van der Waals surface area contributed by atoms with E-state index in [-0.39, 0.29) is 24.0 Å². The van der Waals surface area contributed by atoms with E-state index in [0.717, 1.165) is 5.56 Å². The summed E-state index contributed by atoms with van der Waals surface area (Å²) in [7, 11) is 1.55. The molecule has 158 valence electrons. The molecule has 0 saturated heterocycles. The number of hydrogen-bond acceptors (Lipinski definition) is 4. The molecule has 1 aromatic carbocycles. The fraction of sp³-hybridized carbons (Fsp3) is 0.368. The van der Waals surface area contributed by atoms with Crippen molar-refractivity contribution in [1.82, 2.24) is 16.0 Å². The monoisotopic (exact) mass is 412 g/mol. The number of rotatable bonds is 8. The molecule has 2 rings (SSSR count). The number of nitrogens with one attached hydrogen (secondary N) is 3. The van der Waals surface area contributed by atoms with Gasteiger partial charge < -0.3 is 25.1 Å². The lowest BCUT2D eigenvalue weighted by atomic mass is 10.2. The lowest BCUT2D eigenvalue weighted by Gasteiger charge is -2.15. The van der Waals surface area contributed by atoms with Gasteiger partial charge in [0.15, 0.2) is 11.7 Å². The quantitative estimate of drug-likeness (QED) is 0.353. The van der Waals surface area contributed by atoms with E-state index in [1.54, 1.807) is 26.1 Å². The maximum atomic E-state index is 12.5. The van der Waals surface area contributed by atoms with Gasteiger partial charge in [0.25, 0.3) is 5.91 Å². The zero-order valence-electron chi connectivity index (χ0n) is 16.1. The minimum atomic E-state index is -4.76. The summed E-state index contributed by atoms with van der Waals surface area (Å²) in [5, 5.41) is 8.71. The van der Waals surface area contributed by atoms with Crippen LogP contribution in [0.1, 0.15) is 28.1 Å². The van der Waals surface area contributed by atoms with E-state index >= 15 is 0 Å². The van der Waals surface area contributed by atoms with Gasteiger partial charge in [0.2, 0.25) is 0 Å². The van der Waals surface area contributed by atoms with E-state index in [9.17, 15) is 18.0 Å². The molecule has 0 fully saturated rings. The van der Waals surface area contributed by atoms with Crippen LogP contribution in [0, 0.1) is 6.92 Å². The summed E-state index contributed by atoms with van der Waals surface area (Å²) in [4.78, 5) is 15.9. The summed E-state index contributed by atoms with van der Waals surface area (Å²) in [5.74, 6) is 0.158. The van der Waals surface area contributed by atoms with E-state index < -0.39 is 6.36 Å². The second-order valence-corrected chi connectivity index (χ2v) is 6.05. The summed E-state index contributed by atoms with van der Waals surface area (Å²) < 4.78 is 46.6. The second kappa shape index (κ2) is 10.4. The molecule has 0 aliphatic carbocycles. The van der Waals surface area contributed by atoms with Crippen LogP contribution in [0.4, 0.5) is 13.2 Å². The number of alkyl halides is 3. The number of amides is 1. The maximum absolute atomic E-state index is 12.5. The molecule has 0 aliphatic heterocycles. The van der Waals surface area contributed by atoms with Gasteiger partial charge in [0, 0.05) is 37.8 Å². The molecule has 0 aliphatic rings. The maximum Gasteiger partial charge on any atom is 0.573 e.